The molecule has 0 N–H and O–H groups in total. The Balaban J connectivity index is 1.55. The predicted octanol–water partition coefficient (Wildman–Crippen LogP) is 5.51. The molecule has 2 aromatic heterocycles. The minimum Gasteiger partial charge on any atom is -0.493 e. The van der Waals surface area contributed by atoms with Crippen LogP contribution < -0.4 is 24.4 Å². The maximum absolute atomic E-state index is 14.4. The Labute approximate surface area is 287 Å². The molecular formula is C36H29BrN4O6S. The van der Waals surface area contributed by atoms with E-state index in [1.807, 2.05) is 60.8 Å². The van der Waals surface area contributed by atoms with Gasteiger partial charge in [0, 0.05) is 28.7 Å². The molecule has 0 saturated heterocycles. The molecule has 0 radical (unpaired) electrons. The Hall–Kier alpha value is -5.33. The lowest BCUT2D eigenvalue weighted by molar-refractivity contribution is -0.138. The van der Waals surface area contributed by atoms with Crippen molar-refractivity contribution in [2.45, 2.75) is 19.9 Å². The van der Waals surface area contributed by atoms with Crippen molar-refractivity contribution < 1.29 is 23.8 Å². The van der Waals surface area contributed by atoms with Crippen molar-refractivity contribution in [1.29, 1.82) is 0 Å². The summed E-state index contributed by atoms with van der Waals surface area (Å²) >= 11 is 4.70. The summed E-state index contributed by atoms with van der Waals surface area (Å²) in [6.07, 6.45) is 5.14. The third-order valence-corrected chi connectivity index (χ3v) is 9.01. The molecule has 1 atom stereocenters. The van der Waals surface area contributed by atoms with Crippen molar-refractivity contribution in [2.24, 2.45) is 4.99 Å². The zero-order chi connectivity index (χ0) is 33.9. The SMILES string of the molecule is C=CCOC(=O)C1=C(C)N=c2s/c(=C\c3cn(-c4ccccc4)nc3-c3ccc(Br)cc3)c(=O)n2C1c1ccc(OC(C)=O)c(OC)c1. The average molecular weight is 726 g/mol. The van der Waals surface area contributed by atoms with Gasteiger partial charge in [-0.05, 0) is 55.0 Å². The van der Waals surface area contributed by atoms with E-state index in [0.717, 1.165) is 21.3 Å². The number of allylic oxidation sites excluding steroid dienone is 1. The Morgan fingerprint density at radius 2 is 1.81 bits per heavy atom. The molecule has 5 aromatic rings. The summed E-state index contributed by atoms with van der Waals surface area (Å²) in [4.78, 5) is 44.7. The Bertz CT molecular complexity index is 2270. The molecule has 3 aromatic carbocycles. The van der Waals surface area contributed by atoms with Gasteiger partial charge in [-0.1, -0.05) is 76.3 Å². The van der Waals surface area contributed by atoms with Gasteiger partial charge in [0.15, 0.2) is 16.3 Å². The zero-order valence-corrected chi connectivity index (χ0v) is 28.6. The molecular weight excluding hydrogens is 696 g/mol. The molecule has 12 heteroatoms. The van der Waals surface area contributed by atoms with Crippen LogP contribution in [0.3, 0.4) is 0 Å². The number of carbonyl (C=O) groups is 2. The number of thiazole rings is 1. The fourth-order valence-electron chi connectivity index (χ4n) is 5.38. The van der Waals surface area contributed by atoms with Gasteiger partial charge >= 0.3 is 11.9 Å². The normalized spacial score (nSPS) is 14.2. The first-order chi connectivity index (χ1) is 23.2. The smallest absolute Gasteiger partial charge is 0.338 e. The van der Waals surface area contributed by atoms with Crippen molar-refractivity contribution >= 4 is 45.3 Å². The fourth-order valence-corrected chi connectivity index (χ4v) is 6.68. The second-order valence-corrected chi connectivity index (χ2v) is 12.6. The number of esters is 2. The van der Waals surface area contributed by atoms with Crippen LogP contribution in [0.25, 0.3) is 23.0 Å². The van der Waals surface area contributed by atoms with Crippen molar-refractivity contribution in [3.8, 4) is 28.4 Å². The molecule has 1 aliphatic rings. The van der Waals surface area contributed by atoms with Crippen LogP contribution >= 0.6 is 27.3 Å². The number of ether oxygens (including phenoxy) is 3. The van der Waals surface area contributed by atoms with E-state index in [0.29, 0.717) is 26.3 Å². The first-order valence-electron chi connectivity index (χ1n) is 14.8. The number of hydrogen-bond donors (Lipinski definition) is 0. The largest absolute Gasteiger partial charge is 0.493 e. The van der Waals surface area contributed by atoms with Crippen LogP contribution in [0, 0.1) is 0 Å². The highest BCUT2D eigenvalue weighted by Crippen LogP contribution is 2.36. The lowest BCUT2D eigenvalue weighted by Gasteiger charge is -2.25. The van der Waals surface area contributed by atoms with Gasteiger partial charge in [0.2, 0.25) is 0 Å². The summed E-state index contributed by atoms with van der Waals surface area (Å²) < 4.78 is 20.8. The van der Waals surface area contributed by atoms with Gasteiger partial charge in [0.1, 0.15) is 6.61 Å². The van der Waals surface area contributed by atoms with Gasteiger partial charge in [-0.15, -0.1) is 0 Å². The number of para-hydroxylation sites is 1. The molecule has 0 fully saturated rings. The van der Waals surface area contributed by atoms with E-state index in [1.165, 1.54) is 36.0 Å². The standard InChI is InChI=1S/C36H29BrN4O6S/c1-5-17-46-35(44)31-21(2)38-36-41(33(31)24-13-16-28(47-22(3)42)29(18-24)45-4)34(43)30(48-36)19-25-20-40(27-9-7-6-8-10-27)39-32(25)23-11-14-26(37)15-12-23/h5-16,18-20,33H,1,17H2,2-4H3/b30-19-. The highest BCUT2D eigenvalue weighted by Gasteiger charge is 2.34. The topological polar surface area (TPSA) is 114 Å². The monoisotopic (exact) mass is 724 g/mol. The first-order valence-corrected chi connectivity index (χ1v) is 16.4. The van der Waals surface area contributed by atoms with Gasteiger partial charge < -0.3 is 14.2 Å². The predicted molar refractivity (Wildman–Crippen MR) is 186 cm³/mol. The highest BCUT2D eigenvalue weighted by molar-refractivity contribution is 9.10. The number of carbonyl (C=O) groups excluding carboxylic acids is 2. The number of halogens is 1. The number of benzene rings is 3. The summed E-state index contributed by atoms with van der Waals surface area (Å²) in [7, 11) is 1.44. The number of hydrogen-bond acceptors (Lipinski definition) is 9. The lowest BCUT2D eigenvalue weighted by atomic mass is 9.95. The summed E-state index contributed by atoms with van der Waals surface area (Å²) in [5.41, 5.74) is 3.89. The molecule has 0 saturated carbocycles. The van der Waals surface area contributed by atoms with Gasteiger partial charge in [-0.2, -0.15) is 5.10 Å². The van der Waals surface area contributed by atoms with E-state index in [2.05, 4.69) is 27.5 Å². The van der Waals surface area contributed by atoms with Crippen LogP contribution in [0.4, 0.5) is 0 Å². The van der Waals surface area contributed by atoms with Crippen molar-refractivity contribution in [2.75, 3.05) is 13.7 Å². The van der Waals surface area contributed by atoms with E-state index < -0.39 is 18.0 Å². The van der Waals surface area contributed by atoms with Gasteiger partial charge in [-0.25, -0.2) is 14.5 Å². The second kappa shape index (κ2) is 13.8. The van der Waals surface area contributed by atoms with E-state index in [9.17, 15) is 14.4 Å². The minimum absolute atomic E-state index is 0.0221. The van der Waals surface area contributed by atoms with Crippen molar-refractivity contribution in [3.05, 3.63) is 138 Å². The van der Waals surface area contributed by atoms with Gasteiger partial charge in [-0.3, -0.25) is 14.2 Å². The molecule has 0 aliphatic carbocycles. The van der Waals surface area contributed by atoms with Crippen LogP contribution in [0.2, 0.25) is 0 Å². The number of fused-ring (bicyclic) bond motifs is 1. The second-order valence-electron chi connectivity index (χ2n) is 10.7. The molecule has 0 bridgehead atoms. The fraction of sp³-hybridized carbons (Fsp3) is 0.139. The lowest BCUT2D eigenvalue weighted by Crippen LogP contribution is -2.40. The molecule has 1 unspecified atom stereocenters. The quantitative estimate of drug-likeness (QED) is 0.112. The summed E-state index contributed by atoms with van der Waals surface area (Å²) in [5, 5.41) is 4.89. The molecule has 3 heterocycles. The third kappa shape index (κ3) is 6.44. The third-order valence-electron chi connectivity index (χ3n) is 7.50. The Morgan fingerprint density at radius 1 is 1.06 bits per heavy atom. The van der Waals surface area contributed by atoms with Crippen LogP contribution in [0.5, 0.6) is 11.5 Å². The van der Waals surface area contributed by atoms with Crippen molar-refractivity contribution in [1.82, 2.24) is 14.3 Å². The van der Waals surface area contributed by atoms with Crippen LogP contribution in [-0.2, 0) is 14.3 Å². The molecule has 48 heavy (non-hydrogen) atoms. The zero-order valence-electron chi connectivity index (χ0n) is 26.2. The average Bonchev–Trinajstić information content (AvgIpc) is 3.64. The summed E-state index contributed by atoms with van der Waals surface area (Å²) in [6, 6.07) is 21.4. The minimum atomic E-state index is -0.918. The van der Waals surface area contributed by atoms with E-state index in [4.69, 9.17) is 19.3 Å². The number of methoxy groups -OCH3 is 1. The molecule has 242 valence electrons. The first kappa shape index (κ1) is 32.6. The van der Waals surface area contributed by atoms with Crippen LogP contribution in [0.1, 0.15) is 31.0 Å². The molecule has 1 aliphatic heterocycles. The molecule has 0 amide bonds. The van der Waals surface area contributed by atoms with Gasteiger partial charge in [0.25, 0.3) is 5.56 Å². The Kier molecular flexibility index (Phi) is 9.37. The highest BCUT2D eigenvalue weighted by atomic mass is 79.9. The van der Waals surface area contributed by atoms with Crippen molar-refractivity contribution in [3.63, 3.8) is 0 Å². The number of rotatable bonds is 9. The van der Waals surface area contributed by atoms with Gasteiger partial charge in [0.05, 0.1) is 40.3 Å². The molecule has 10 nitrogen and oxygen atoms in total. The van der Waals surface area contributed by atoms with Crippen LogP contribution in [0.15, 0.2) is 117 Å². The van der Waals surface area contributed by atoms with E-state index in [1.54, 1.807) is 35.9 Å². The molecule has 6 rings (SSSR count). The van der Waals surface area contributed by atoms with E-state index >= 15 is 0 Å². The number of nitrogens with zero attached hydrogens (tertiary/aromatic N) is 4. The summed E-state index contributed by atoms with van der Waals surface area (Å²) in [6.45, 7) is 6.61. The van der Waals surface area contributed by atoms with Crippen LogP contribution in [-0.4, -0.2) is 40.0 Å². The summed E-state index contributed by atoms with van der Waals surface area (Å²) in [5.74, 6) is -0.698. The number of aromatic nitrogens is 3. The van der Waals surface area contributed by atoms with E-state index in [-0.39, 0.29) is 29.2 Å². The maximum Gasteiger partial charge on any atom is 0.338 e. The Morgan fingerprint density at radius 3 is 2.50 bits per heavy atom. The maximum atomic E-state index is 14.4. The molecule has 0 spiro atoms.